The van der Waals surface area contributed by atoms with E-state index in [1.807, 2.05) is 0 Å². The first kappa shape index (κ1) is 15.2. The van der Waals surface area contributed by atoms with Crippen LogP contribution in [0, 0.1) is 5.92 Å². The highest BCUT2D eigenvalue weighted by Crippen LogP contribution is 2.50. The van der Waals surface area contributed by atoms with Gasteiger partial charge >= 0.3 is 0 Å². The number of fused-ring (bicyclic) bond motifs is 1. The molecule has 0 amide bonds. The van der Waals surface area contributed by atoms with Crippen LogP contribution in [0.2, 0.25) is 0 Å². The Labute approximate surface area is 150 Å². The molecular formula is C24H25N. The van der Waals surface area contributed by atoms with E-state index in [0.717, 1.165) is 6.54 Å². The van der Waals surface area contributed by atoms with Gasteiger partial charge < -0.3 is 0 Å². The molecule has 1 unspecified atom stereocenters. The third-order valence-corrected chi connectivity index (χ3v) is 6.53. The van der Waals surface area contributed by atoms with Crippen LogP contribution in [0.4, 0.5) is 0 Å². The third kappa shape index (κ3) is 2.41. The average Bonchev–Trinajstić information content (AvgIpc) is 2.88. The van der Waals surface area contributed by atoms with Crippen molar-refractivity contribution < 1.29 is 0 Å². The molecule has 4 aliphatic rings. The van der Waals surface area contributed by atoms with Crippen molar-refractivity contribution >= 4 is 0 Å². The van der Waals surface area contributed by atoms with Crippen LogP contribution in [0.3, 0.4) is 0 Å². The molecule has 0 radical (unpaired) electrons. The molecule has 0 saturated carbocycles. The van der Waals surface area contributed by atoms with Crippen LogP contribution in [-0.4, -0.2) is 17.0 Å². The normalized spacial score (nSPS) is 30.4. The molecule has 2 heterocycles. The number of piperidine rings is 1. The third-order valence-electron chi connectivity index (χ3n) is 6.53. The van der Waals surface area contributed by atoms with Gasteiger partial charge in [-0.1, -0.05) is 78.4 Å². The highest BCUT2D eigenvalue weighted by atomic mass is 15.2. The summed E-state index contributed by atoms with van der Waals surface area (Å²) in [5.74, 6) is 1.20. The fourth-order valence-corrected chi connectivity index (χ4v) is 5.38. The lowest BCUT2D eigenvalue weighted by atomic mass is 9.71. The number of allylic oxidation sites excluding steroid dienone is 3. The van der Waals surface area contributed by atoms with Gasteiger partial charge in [0.25, 0.3) is 0 Å². The number of rotatable bonds is 2. The number of hydrogen-bond acceptors (Lipinski definition) is 1. The summed E-state index contributed by atoms with van der Waals surface area (Å²) in [4.78, 5) is 2.79. The fraction of sp³-hybridized carbons (Fsp3) is 0.333. The zero-order valence-electron chi connectivity index (χ0n) is 14.8. The van der Waals surface area contributed by atoms with E-state index >= 15 is 0 Å². The molecule has 126 valence electrons. The quantitative estimate of drug-likeness (QED) is 0.741. The number of hydrogen-bond donors (Lipinski definition) is 0. The van der Waals surface area contributed by atoms with Crippen LogP contribution in [0.5, 0.6) is 0 Å². The lowest BCUT2D eigenvalue weighted by Gasteiger charge is -2.49. The second-order valence-corrected chi connectivity index (χ2v) is 7.78. The predicted molar refractivity (Wildman–Crippen MR) is 103 cm³/mol. The Morgan fingerprint density at radius 2 is 1.80 bits per heavy atom. The molecule has 0 spiro atoms. The van der Waals surface area contributed by atoms with Gasteiger partial charge in [-0.3, -0.25) is 4.90 Å². The zero-order valence-corrected chi connectivity index (χ0v) is 14.8. The Balaban J connectivity index is 1.61. The number of benzene rings is 2. The highest BCUT2D eigenvalue weighted by Gasteiger charge is 2.47. The Morgan fingerprint density at radius 1 is 1.00 bits per heavy atom. The van der Waals surface area contributed by atoms with Gasteiger partial charge in [0, 0.05) is 30.5 Å². The summed E-state index contributed by atoms with van der Waals surface area (Å²) in [6.45, 7) is 3.50. The highest BCUT2D eigenvalue weighted by molar-refractivity contribution is 5.46. The zero-order chi connectivity index (χ0) is 16.8. The molecule has 2 aromatic carbocycles. The van der Waals surface area contributed by atoms with Crippen LogP contribution in [0.25, 0.3) is 0 Å². The topological polar surface area (TPSA) is 3.24 Å². The van der Waals surface area contributed by atoms with Crippen LogP contribution in [-0.2, 0) is 13.0 Å². The Morgan fingerprint density at radius 3 is 2.68 bits per heavy atom. The molecule has 4 atom stereocenters. The summed E-state index contributed by atoms with van der Waals surface area (Å²) in [6, 6.07) is 21.3. The van der Waals surface area contributed by atoms with Crippen LogP contribution in [0.15, 0.2) is 78.4 Å². The van der Waals surface area contributed by atoms with Crippen molar-refractivity contribution in [1.29, 1.82) is 0 Å². The molecule has 2 aliphatic heterocycles. The van der Waals surface area contributed by atoms with E-state index in [-0.39, 0.29) is 0 Å². The second-order valence-electron chi connectivity index (χ2n) is 7.78. The van der Waals surface area contributed by atoms with Gasteiger partial charge in [0.1, 0.15) is 0 Å². The Hall–Kier alpha value is -2.12. The smallest absolute Gasteiger partial charge is 0.0240 e. The van der Waals surface area contributed by atoms with Gasteiger partial charge in [0.2, 0.25) is 0 Å². The van der Waals surface area contributed by atoms with Gasteiger partial charge in [-0.2, -0.15) is 0 Å². The largest absolute Gasteiger partial charge is 0.292 e. The van der Waals surface area contributed by atoms with Crippen LogP contribution >= 0.6 is 0 Å². The van der Waals surface area contributed by atoms with E-state index in [1.54, 1.807) is 16.7 Å². The van der Waals surface area contributed by atoms with Gasteiger partial charge in [-0.25, -0.2) is 0 Å². The minimum absolute atomic E-state index is 0.536. The van der Waals surface area contributed by atoms with Crippen molar-refractivity contribution in [2.75, 3.05) is 0 Å². The lowest BCUT2D eigenvalue weighted by molar-refractivity contribution is 0.0650. The number of nitrogens with zero attached hydrogens (tertiary/aromatic N) is 1. The summed E-state index contributed by atoms with van der Waals surface area (Å²) in [5, 5.41) is 0. The van der Waals surface area contributed by atoms with Gasteiger partial charge in [-0.05, 0) is 36.5 Å². The van der Waals surface area contributed by atoms with E-state index in [2.05, 4.69) is 84.6 Å². The van der Waals surface area contributed by atoms with Crippen molar-refractivity contribution in [3.8, 4) is 0 Å². The SMILES string of the molecule is C[C@H]1C2C3=CC=CC[C@@H]3[C@@H](Cc3ccccc32)N1Cc1ccccc1. The van der Waals surface area contributed by atoms with E-state index in [0.29, 0.717) is 23.9 Å². The van der Waals surface area contributed by atoms with E-state index in [9.17, 15) is 0 Å². The summed E-state index contributed by atoms with van der Waals surface area (Å²) >= 11 is 0. The lowest BCUT2D eigenvalue weighted by Crippen LogP contribution is -2.53. The van der Waals surface area contributed by atoms with Crippen molar-refractivity contribution in [1.82, 2.24) is 4.90 Å². The van der Waals surface area contributed by atoms with Crippen molar-refractivity contribution in [2.24, 2.45) is 5.92 Å². The van der Waals surface area contributed by atoms with E-state index in [4.69, 9.17) is 0 Å². The van der Waals surface area contributed by atoms with Crippen LogP contribution in [0.1, 0.15) is 36.0 Å². The van der Waals surface area contributed by atoms with Gasteiger partial charge in [0.15, 0.2) is 0 Å². The molecule has 6 rings (SSSR count). The summed E-state index contributed by atoms with van der Waals surface area (Å²) < 4.78 is 0. The Kier molecular flexibility index (Phi) is 3.64. The molecule has 2 aromatic rings. The first-order chi connectivity index (χ1) is 12.3. The standard InChI is InChI=1S/C24H25N/c1-17-24-20-12-6-5-11-19(20)15-23(21-13-7-8-14-22(21)24)25(17)16-18-9-3-2-4-10-18/h2-12,14,17,21,23-24H,13,15-16H2,1H3/t17-,21-,23+,24?/m0/s1. The predicted octanol–water partition coefficient (Wildman–Crippen LogP) is 5.10. The van der Waals surface area contributed by atoms with Gasteiger partial charge in [-0.15, -0.1) is 0 Å². The molecule has 1 fully saturated rings. The molecular weight excluding hydrogens is 302 g/mol. The summed E-state index contributed by atoms with van der Waals surface area (Å²) in [5.41, 5.74) is 6.24. The molecule has 0 N–H and O–H groups in total. The molecule has 2 bridgehead atoms. The van der Waals surface area contributed by atoms with Crippen LogP contribution < -0.4 is 0 Å². The molecule has 2 aliphatic carbocycles. The fourth-order valence-electron chi connectivity index (χ4n) is 5.38. The summed E-state index contributed by atoms with van der Waals surface area (Å²) in [6.07, 6.45) is 9.44. The maximum Gasteiger partial charge on any atom is 0.0240 e. The molecule has 25 heavy (non-hydrogen) atoms. The first-order valence-corrected chi connectivity index (χ1v) is 9.57. The van der Waals surface area contributed by atoms with Crippen molar-refractivity contribution in [2.45, 2.75) is 44.3 Å². The second kappa shape index (κ2) is 6.00. The van der Waals surface area contributed by atoms with E-state index in [1.165, 1.54) is 18.4 Å². The maximum atomic E-state index is 2.79. The molecule has 0 aromatic heterocycles. The average molecular weight is 327 g/mol. The van der Waals surface area contributed by atoms with Crippen molar-refractivity contribution in [3.05, 3.63) is 95.1 Å². The van der Waals surface area contributed by atoms with Crippen molar-refractivity contribution in [3.63, 3.8) is 0 Å². The monoisotopic (exact) mass is 327 g/mol. The molecule has 1 saturated heterocycles. The first-order valence-electron chi connectivity index (χ1n) is 9.57. The minimum Gasteiger partial charge on any atom is -0.292 e. The van der Waals surface area contributed by atoms with Gasteiger partial charge in [0.05, 0.1) is 0 Å². The molecule has 1 nitrogen and oxygen atoms in total. The van der Waals surface area contributed by atoms with E-state index < -0.39 is 0 Å². The Bertz CT molecular complexity index is 832. The molecule has 1 heteroatoms. The summed E-state index contributed by atoms with van der Waals surface area (Å²) in [7, 11) is 0. The minimum atomic E-state index is 0.536. The maximum absolute atomic E-state index is 2.79.